The highest BCUT2D eigenvalue weighted by atomic mass is 32.2. The highest BCUT2D eigenvalue weighted by Crippen LogP contribution is 2.32. The first-order chi connectivity index (χ1) is 14.6. The molecule has 1 saturated heterocycles. The smallest absolute Gasteiger partial charge is 0.247 e. The minimum absolute atomic E-state index is 0.116. The number of hydrogen-bond acceptors (Lipinski definition) is 4. The van der Waals surface area contributed by atoms with Crippen LogP contribution in [0.3, 0.4) is 0 Å². The maximum absolute atomic E-state index is 13.4. The minimum Gasteiger partial charge on any atom is -0.350 e. The minimum atomic E-state index is -3.68. The zero-order valence-electron chi connectivity index (χ0n) is 17.8. The number of carbonyl (C=O) groups is 2. The van der Waals surface area contributed by atoms with Gasteiger partial charge in [0.2, 0.25) is 21.8 Å². The maximum Gasteiger partial charge on any atom is 0.247 e. The molecule has 1 atom stereocenters. The summed E-state index contributed by atoms with van der Waals surface area (Å²) in [5, 5.41) is 2.78. The average Bonchev–Trinajstić information content (AvgIpc) is 2.73. The Kier molecular flexibility index (Phi) is 6.47. The second kappa shape index (κ2) is 8.76. The molecule has 7 nitrogen and oxygen atoms in total. The normalized spacial score (nSPS) is 20.0. The van der Waals surface area contributed by atoms with Crippen LogP contribution in [0.1, 0.15) is 25.0 Å². The Labute approximate surface area is 181 Å². The van der Waals surface area contributed by atoms with E-state index in [4.69, 9.17) is 0 Å². The summed E-state index contributed by atoms with van der Waals surface area (Å²) in [6.45, 7) is 4.51. The number of para-hydroxylation sites is 1. The van der Waals surface area contributed by atoms with Crippen LogP contribution in [0, 0.1) is 12.7 Å². The molecule has 1 N–H and O–H groups in total. The van der Waals surface area contributed by atoms with Gasteiger partial charge in [0.25, 0.3) is 0 Å². The Balaban J connectivity index is 1.97. The lowest BCUT2D eigenvalue weighted by molar-refractivity contribution is -0.133. The monoisotopic (exact) mass is 447 g/mol. The SMILES string of the molecule is CCS(=O)(=O)N1CC(=O)N(c2ccccc2C)C(C)(C(=O)NCc2ccc(F)cc2)C1. The van der Waals surface area contributed by atoms with Crippen molar-refractivity contribution >= 4 is 27.5 Å². The van der Waals surface area contributed by atoms with Crippen molar-refractivity contribution in [1.29, 1.82) is 0 Å². The zero-order valence-corrected chi connectivity index (χ0v) is 18.6. The summed E-state index contributed by atoms with van der Waals surface area (Å²) < 4.78 is 39.3. The van der Waals surface area contributed by atoms with Crippen LogP contribution in [0.2, 0.25) is 0 Å². The molecule has 1 aliphatic heterocycles. The Morgan fingerprint density at radius 2 is 1.81 bits per heavy atom. The first kappa shape index (κ1) is 22.9. The summed E-state index contributed by atoms with van der Waals surface area (Å²) in [6.07, 6.45) is 0. The number of piperazine rings is 1. The first-order valence-corrected chi connectivity index (χ1v) is 11.6. The van der Waals surface area contributed by atoms with Gasteiger partial charge in [-0.2, -0.15) is 4.31 Å². The van der Waals surface area contributed by atoms with Gasteiger partial charge in [-0.3, -0.25) is 14.5 Å². The lowest BCUT2D eigenvalue weighted by atomic mass is 9.93. The molecular formula is C22H26FN3O4S. The predicted octanol–water partition coefficient (Wildman–Crippen LogP) is 2.21. The van der Waals surface area contributed by atoms with Gasteiger partial charge in [0.15, 0.2) is 0 Å². The molecule has 0 spiro atoms. The van der Waals surface area contributed by atoms with E-state index < -0.39 is 27.4 Å². The number of sulfonamides is 1. The third-order valence-corrected chi connectivity index (χ3v) is 7.28. The molecule has 1 heterocycles. The van der Waals surface area contributed by atoms with Crippen LogP contribution >= 0.6 is 0 Å². The Morgan fingerprint density at radius 3 is 2.42 bits per heavy atom. The molecule has 9 heteroatoms. The summed E-state index contributed by atoms with van der Waals surface area (Å²) in [6, 6.07) is 12.9. The molecule has 1 fully saturated rings. The van der Waals surface area contributed by atoms with Gasteiger partial charge in [-0.15, -0.1) is 0 Å². The molecule has 0 saturated carbocycles. The number of amides is 2. The third-order valence-electron chi connectivity index (χ3n) is 5.51. The van der Waals surface area contributed by atoms with Gasteiger partial charge >= 0.3 is 0 Å². The Hall–Kier alpha value is -2.78. The average molecular weight is 448 g/mol. The number of benzene rings is 2. The molecule has 0 bridgehead atoms. The number of nitrogens with one attached hydrogen (secondary N) is 1. The van der Waals surface area contributed by atoms with Gasteiger partial charge in [-0.05, 0) is 50.1 Å². The number of carbonyl (C=O) groups excluding carboxylic acids is 2. The number of anilines is 1. The molecule has 3 rings (SSSR count). The van der Waals surface area contributed by atoms with Gasteiger partial charge in [-0.25, -0.2) is 12.8 Å². The van der Waals surface area contributed by atoms with Crippen molar-refractivity contribution < 1.29 is 22.4 Å². The highest BCUT2D eigenvalue weighted by Gasteiger charge is 2.50. The number of halogens is 1. The number of hydrogen-bond donors (Lipinski definition) is 1. The van der Waals surface area contributed by atoms with E-state index in [1.165, 1.54) is 24.0 Å². The fourth-order valence-corrected chi connectivity index (χ4v) is 4.83. The summed E-state index contributed by atoms with van der Waals surface area (Å²) in [5.41, 5.74) is 0.561. The number of rotatable bonds is 6. The molecule has 31 heavy (non-hydrogen) atoms. The fourth-order valence-electron chi connectivity index (χ4n) is 3.71. The second-order valence-electron chi connectivity index (χ2n) is 7.77. The van der Waals surface area contributed by atoms with E-state index in [0.717, 1.165) is 9.87 Å². The summed E-state index contributed by atoms with van der Waals surface area (Å²) in [4.78, 5) is 27.9. The summed E-state index contributed by atoms with van der Waals surface area (Å²) in [7, 11) is -3.68. The van der Waals surface area contributed by atoms with Crippen molar-refractivity contribution in [3.63, 3.8) is 0 Å². The van der Waals surface area contributed by atoms with Crippen molar-refractivity contribution in [2.24, 2.45) is 0 Å². The quantitative estimate of drug-likeness (QED) is 0.736. The standard InChI is InChI=1S/C22H26FN3O4S/c1-4-31(29,30)25-14-20(27)26(19-8-6-5-7-16(19)2)22(3,15-25)21(28)24-13-17-9-11-18(23)12-10-17/h5-12H,4,13-15H2,1-3H3,(H,24,28). The van der Waals surface area contributed by atoms with Crippen LogP contribution < -0.4 is 10.2 Å². The van der Waals surface area contributed by atoms with Crippen molar-refractivity contribution in [1.82, 2.24) is 9.62 Å². The maximum atomic E-state index is 13.4. The topological polar surface area (TPSA) is 86.8 Å². The van der Waals surface area contributed by atoms with E-state index >= 15 is 0 Å². The predicted molar refractivity (Wildman–Crippen MR) is 116 cm³/mol. The van der Waals surface area contributed by atoms with Gasteiger partial charge in [-0.1, -0.05) is 30.3 Å². The molecule has 1 aliphatic rings. The lowest BCUT2D eigenvalue weighted by Gasteiger charge is -2.47. The molecular weight excluding hydrogens is 421 g/mol. The molecule has 1 unspecified atom stereocenters. The largest absolute Gasteiger partial charge is 0.350 e. The molecule has 0 radical (unpaired) electrons. The number of nitrogens with zero attached hydrogens (tertiary/aromatic N) is 2. The molecule has 0 aromatic heterocycles. The van der Waals surface area contributed by atoms with Crippen molar-refractivity contribution in [2.75, 3.05) is 23.7 Å². The van der Waals surface area contributed by atoms with E-state index in [0.29, 0.717) is 11.3 Å². The van der Waals surface area contributed by atoms with E-state index in [2.05, 4.69) is 5.32 Å². The van der Waals surface area contributed by atoms with Gasteiger partial charge < -0.3 is 5.32 Å². The van der Waals surface area contributed by atoms with Crippen molar-refractivity contribution in [3.05, 3.63) is 65.5 Å². The number of aryl methyl sites for hydroxylation is 1. The van der Waals surface area contributed by atoms with Crippen LogP contribution in [-0.4, -0.2) is 48.9 Å². The molecule has 166 valence electrons. The van der Waals surface area contributed by atoms with E-state index in [-0.39, 0.29) is 31.2 Å². The van der Waals surface area contributed by atoms with Crippen molar-refractivity contribution in [3.8, 4) is 0 Å². The fraction of sp³-hybridized carbons (Fsp3) is 0.364. The lowest BCUT2D eigenvalue weighted by Crippen LogP contribution is -2.70. The van der Waals surface area contributed by atoms with Gasteiger partial charge in [0.05, 0.1) is 12.3 Å². The first-order valence-electron chi connectivity index (χ1n) is 9.98. The zero-order chi connectivity index (χ0) is 22.8. The molecule has 2 aromatic carbocycles. The van der Waals surface area contributed by atoms with Gasteiger partial charge in [0.1, 0.15) is 11.4 Å². The van der Waals surface area contributed by atoms with Crippen LogP contribution in [0.4, 0.5) is 10.1 Å². The Morgan fingerprint density at radius 1 is 1.16 bits per heavy atom. The molecule has 2 aromatic rings. The van der Waals surface area contributed by atoms with E-state index in [1.807, 2.05) is 19.1 Å². The van der Waals surface area contributed by atoms with E-state index in [9.17, 15) is 22.4 Å². The van der Waals surface area contributed by atoms with Gasteiger partial charge in [0, 0.05) is 18.8 Å². The van der Waals surface area contributed by atoms with Crippen LogP contribution in [0.25, 0.3) is 0 Å². The second-order valence-corrected chi connectivity index (χ2v) is 10.0. The van der Waals surface area contributed by atoms with Crippen LogP contribution in [-0.2, 0) is 26.2 Å². The summed E-state index contributed by atoms with van der Waals surface area (Å²) >= 11 is 0. The van der Waals surface area contributed by atoms with Crippen molar-refractivity contribution in [2.45, 2.75) is 32.9 Å². The third kappa shape index (κ3) is 4.62. The van der Waals surface area contributed by atoms with Crippen LogP contribution in [0.5, 0.6) is 0 Å². The Bertz CT molecular complexity index is 1090. The molecule has 2 amide bonds. The summed E-state index contributed by atoms with van der Waals surface area (Å²) in [5.74, 6) is -1.52. The van der Waals surface area contributed by atoms with Crippen LogP contribution in [0.15, 0.2) is 48.5 Å². The molecule has 0 aliphatic carbocycles. The van der Waals surface area contributed by atoms with E-state index in [1.54, 1.807) is 31.2 Å². The highest BCUT2D eigenvalue weighted by molar-refractivity contribution is 7.89.